The molecule has 0 aliphatic carbocycles. The minimum atomic E-state index is -0.280. The van der Waals surface area contributed by atoms with E-state index in [1.165, 1.54) is 0 Å². The molecule has 0 radical (unpaired) electrons. The minimum Gasteiger partial charge on any atom is -0.331 e. The molecule has 2 N–H and O–H groups in total. The van der Waals surface area contributed by atoms with E-state index in [1.807, 2.05) is 48.9 Å². The standard InChI is InChI=1S/C19H23N7O/c1-13-11-14(2)26(24-13)16-8-4-3-7-15(16)21-19(27)20-12-18-23-22-17-9-5-6-10-25(17)18/h3-4,7-8,11H,5-6,9-10,12H2,1-2H3,(H2,20,21,27). The number of hydrogen-bond acceptors (Lipinski definition) is 4. The molecule has 4 rings (SSSR count). The third kappa shape index (κ3) is 3.55. The van der Waals surface area contributed by atoms with Gasteiger partial charge < -0.3 is 15.2 Å². The van der Waals surface area contributed by atoms with E-state index >= 15 is 0 Å². The Kier molecular flexibility index (Phi) is 4.62. The van der Waals surface area contributed by atoms with Gasteiger partial charge in [-0.15, -0.1) is 10.2 Å². The molecule has 3 aromatic rings. The summed E-state index contributed by atoms with van der Waals surface area (Å²) in [6.07, 6.45) is 3.23. The molecule has 0 unspecified atom stereocenters. The first-order valence-electron chi connectivity index (χ1n) is 9.20. The average Bonchev–Trinajstić information content (AvgIpc) is 3.23. The van der Waals surface area contributed by atoms with Crippen LogP contribution in [0.2, 0.25) is 0 Å². The maximum Gasteiger partial charge on any atom is 0.319 e. The molecule has 0 spiro atoms. The summed E-state index contributed by atoms with van der Waals surface area (Å²) in [6.45, 7) is 5.21. The van der Waals surface area contributed by atoms with E-state index in [1.54, 1.807) is 0 Å². The van der Waals surface area contributed by atoms with Crippen LogP contribution in [0.25, 0.3) is 5.69 Å². The van der Waals surface area contributed by atoms with Gasteiger partial charge in [-0.2, -0.15) is 5.10 Å². The fraction of sp³-hybridized carbons (Fsp3) is 0.368. The van der Waals surface area contributed by atoms with Crippen LogP contribution in [-0.2, 0) is 19.5 Å². The number of para-hydroxylation sites is 2. The highest BCUT2D eigenvalue weighted by molar-refractivity contribution is 5.91. The molecule has 8 nitrogen and oxygen atoms in total. The number of fused-ring (bicyclic) bond motifs is 1. The summed E-state index contributed by atoms with van der Waals surface area (Å²) >= 11 is 0. The van der Waals surface area contributed by atoms with Crippen LogP contribution in [0.1, 0.15) is 35.9 Å². The van der Waals surface area contributed by atoms with Gasteiger partial charge in [0.05, 0.1) is 23.6 Å². The molecule has 0 bridgehead atoms. The predicted octanol–water partition coefficient (Wildman–Crippen LogP) is 2.74. The van der Waals surface area contributed by atoms with Crippen LogP contribution in [0, 0.1) is 13.8 Å². The lowest BCUT2D eigenvalue weighted by Gasteiger charge is -2.15. The zero-order valence-corrected chi connectivity index (χ0v) is 15.6. The fourth-order valence-electron chi connectivity index (χ4n) is 3.46. The zero-order valence-electron chi connectivity index (χ0n) is 15.6. The zero-order chi connectivity index (χ0) is 18.8. The largest absolute Gasteiger partial charge is 0.331 e. The second-order valence-corrected chi connectivity index (χ2v) is 6.80. The van der Waals surface area contributed by atoms with E-state index < -0.39 is 0 Å². The number of carbonyl (C=O) groups excluding carboxylic acids is 1. The summed E-state index contributed by atoms with van der Waals surface area (Å²) in [7, 11) is 0. The number of anilines is 1. The maximum absolute atomic E-state index is 12.4. The van der Waals surface area contributed by atoms with Crippen LogP contribution >= 0.6 is 0 Å². The second kappa shape index (κ2) is 7.22. The van der Waals surface area contributed by atoms with Crippen LogP contribution in [0.15, 0.2) is 30.3 Å². The van der Waals surface area contributed by atoms with E-state index in [-0.39, 0.29) is 6.03 Å². The number of aromatic nitrogens is 5. The first-order valence-corrected chi connectivity index (χ1v) is 9.20. The van der Waals surface area contributed by atoms with Crippen molar-refractivity contribution in [2.45, 2.75) is 46.2 Å². The van der Waals surface area contributed by atoms with Gasteiger partial charge in [-0.25, -0.2) is 9.48 Å². The molecule has 2 aromatic heterocycles. The number of carbonyl (C=O) groups is 1. The van der Waals surface area contributed by atoms with Crippen LogP contribution in [-0.4, -0.2) is 30.6 Å². The van der Waals surface area contributed by atoms with E-state index in [2.05, 4.69) is 30.5 Å². The molecule has 140 valence electrons. The quantitative estimate of drug-likeness (QED) is 0.744. The van der Waals surface area contributed by atoms with E-state index in [0.717, 1.165) is 54.5 Å². The van der Waals surface area contributed by atoms with Gasteiger partial charge in [-0.05, 0) is 44.9 Å². The van der Waals surface area contributed by atoms with Crippen molar-refractivity contribution in [2.24, 2.45) is 0 Å². The summed E-state index contributed by atoms with van der Waals surface area (Å²) < 4.78 is 3.94. The van der Waals surface area contributed by atoms with Crippen molar-refractivity contribution in [3.05, 3.63) is 53.4 Å². The first kappa shape index (κ1) is 17.3. The van der Waals surface area contributed by atoms with Crippen molar-refractivity contribution in [1.82, 2.24) is 29.9 Å². The molecule has 2 amide bonds. The number of nitrogens with zero attached hydrogens (tertiary/aromatic N) is 5. The van der Waals surface area contributed by atoms with E-state index in [9.17, 15) is 4.79 Å². The summed E-state index contributed by atoms with van der Waals surface area (Å²) in [5, 5.41) is 18.7. The van der Waals surface area contributed by atoms with E-state index in [0.29, 0.717) is 12.2 Å². The Bertz CT molecular complexity index is 972. The highest BCUT2D eigenvalue weighted by atomic mass is 16.2. The van der Waals surface area contributed by atoms with E-state index in [4.69, 9.17) is 0 Å². The van der Waals surface area contributed by atoms with Gasteiger partial charge in [0.25, 0.3) is 0 Å². The number of urea groups is 1. The monoisotopic (exact) mass is 365 g/mol. The van der Waals surface area contributed by atoms with Gasteiger partial charge in [0.2, 0.25) is 0 Å². The second-order valence-electron chi connectivity index (χ2n) is 6.80. The Hall–Kier alpha value is -3.16. The number of benzene rings is 1. The Morgan fingerprint density at radius 3 is 2.85 bits per heavy atom. The number of nitrogens with one attached hydrogen (secondary N) is 2. The maximum atomic E-state index is 12.4. The molecule has 8 heteroatoms. The van der Waals surface area contributed by atoms with Gasteiger partial charge >= 0.3 is 6.03 Å². The van der Waals surface area contributed by atoms with Crippen molar-refractivity contribution in [2.75, 3.05) is 5.32 Å². The minimum absolute atomic E-state index is 0.280. The Morgan fingerprint density at radius 2 is 2.04 bits per heavy atom. The molecular weight excluding hydrogens is 342 g/mol. The lowest BCUT2D eigenvalue weighted by Crippen LogP contribution is -2.30. The van der Waals surface area contributed by atoms with Gasteiger partial charge in [-0.1, -0.05) is 12.1 Å². The number of rotatable bonds is 4. The smallest absolute Gasteiger partial charge is 0.319 e. The van der Waals surface area contributed by atoms with Crippen LogP contribution in [0.3, 0.4) is 0 Å². The molecule has 0 fully saturated rings. The third-order valence-electron chi connectivity index (χ3n) is 4.73. The topological polar surface area (TPSA) is 89.7 Å². The summed E-state index contributed by atoms with van der Waals surface area (Å²) in [6, 6.07) is 9.34. The fourth-order valence-corrected chi connectivity index (χ4v) is 3.46. The SMILES string of the molecule is Cc1cc(C)n(-c2ccccc2NC(=O)NCc2nnc3n2CCCC3)n1. The van der Waals surface area contributed by atoms with Crippen LogP contribution < -0.4 is 10.6 Å². The Labute approximate surface area is 157 Å². The van der Waals surface area contributed by atoms with Crippen molar-refractivity contribution in [3.63, 3.8) is 0 Å². The van der Waals surface area contributed by atoms with Gasteiger partial charge in [0, 0.05) is 18.7 Å². The third-order valence-corrected chi connectivity index (χ3v) is 4.73. The van der Waals surface area contributed by atoms with Crippen molar-refractivity contribution in [3.8, 4) is 5.69 Å². The Morgan fingerprint density at radius 1 is 1.19 bits per heavy atom. The van der Waals surface area contributed by atoms with Crippen LogP contribution in [0.4, 0.5) is 10.5 Å². The summed E-state index contributed by atoms with van der Waals surface area (Å²) in [4.78, 5) is 12.4. The molecule has 1 aliphatic heterocycles. The highest BCUT2D eigenvalue weighted by Crippen LogP contribution is 2.21. The number of hydrogen-bond donors (Lipinski definition) is 2. The van der Waals surface area contributed by atoms with Gasteiger partial charge in [0.15, 0.2) is 5.82 Å². The van der Waals surface area contributed by atoms with Crippen LogP contribution in [0.5, 0.6) is 0 Å². The average molecular weight is 365 g/mol. The van der Waals surface area contributed by atoms with Crippen molar-refractivity contribution < 1.29 is 4.79 Å². The lowest BCUT2D eigenvalue weighted by molar-refractivity contribution is 0.251. The molecule has 1 aromatic carbocycles. The molecule has 1 aliphatic rings. The summed E-state index contributed by atoms with van der Waals surface area (Å²) in [5.41, 5.74) is 3.48. The van der Waals surface area contributed by atoms with Crippen molar-refractivity contribution in [1.29, 1.82) is 0 Å². The van der Waals surface area contributed by atoms with Crippen molar-refractivity contribution >= 4 is 11.7 Å². The number of amides is 2. The highest BCUT2D eigenvalue weighted by Gasteiger charge is 2.16. The number of aryl methyl sites for hydroxylation is 3. The normalized spacial score (nSPS) is 13.3. The molecule has 27 heavy (non-hydrogen) atoms. The van der Waals surface area contributed by atoms with Gasteiger partial charge in [-0.3, -0.25) is 0 Å². The first-order chi connectivity index (χ1) is 13.1. The van der Waals surface area contributed by atoms with Gasteiger partial charge in [0.1, 0.15) is 5.82 Å². The molecule has 0 atom stereocenters. The molecule has 3 heterocycles. The Balaban J connectivity index is 1.46. The molecule has 0 saturated carbocycles. The molecular formula is C19H23N7O. The lowest BCUT2D eigenvalue weighted by atomic mass is 10.2. The predicted molar refractivity (Wildman–Crippen MR) is 102 cm³/mol. The summed E-state index contributed by atoms with van der Waals surface area (Å²) in [5.74, 6) is 1.81. The molecule has 0 saturated heterocycles.